The highest BCUT2D eigenvalue weighted by Gasteiger charge is 2.43. The first kappa shape index (κ1) is 24.8. The highest BCUT2D eigenvalue weighted by molar-refractivity contribution is 6.48. The molecule has 0 saturated heterocycles. The molecule has 8 heteroatoms. The molecular weight excluding hydrogens is 456 g/mol. The average Bonchev–Trinajstić information content (AvgIpc) is 3.19. The number of hydrogen-bond donors (Lipinski definition) is 1. The second-order valence-corrected chi connectivity index (χ2v) is 9.23. The summed E-state index contributed by atoms with van der Waals surface area (Å²) < 4.78 is 5.79. The van der Waals surface area contributed by atoms with Gasteiger partial charge < -0.3 is 15.0 Å². The third kappa shape index (κ3) is 4.75. The number of hydrogen-bond acceptors (Lipinski definition) is 6. The Bertz CT molecular complexity index is 1350. The minimum absolute atomic E-state index is 0.0683. The summed E-state index contributed by atoms with van der Waals surface area (Å²) in [5, 5.41) is 2.74. The molecule has 0 aliphatic carbocycles. The molecule has 0 saturated carbocycles. The molecule has 1 aliphatic heterocycles. The normalized spacial score (nSPS) is 16.9. The number of ether oxygens (including phenoxy) is 1. The zero-order valence-electron chi connectivity index (χ0n) is 20.9. The third-order valence-electron chi connectivity index (χ3n) is 6.36. The molecule has 0 fully saturated rings. The van der Waals surface area contributed by atoms with E-state index in [4.69, 9.17) is 4.74 Å². The van der Waals surface area contributed by atoms with E-state index in [1.807, 2.05) is 44.2 Å². The SMILES string of the molecule is Cc1cnc(C2=NC(C)(C(C)C)C(=O)N2)c(C(=O)C(=O)N(C)c2ccc(Oc3ccccc3)cc2)c1. The van der Waals surface area contributed by atoms with Gasteiger partial charge >= 0.3 is 0 Å². The number of nitrogens with zero attached hydrogens (tertiary/aromatic N) is 3. The number of anilines is 1. The van der Waals surface area contributed by atoms with Gasteiger partial charge in [-0.1, -0.05) is 32.0 Å². The van der Waals surface area contributed by atoms with Crippen molar-refractivity contribution in [2.45, 2.75) is 33.2 Å². The van der Waals surface area contributed by atoms with Crippen LogP contribution in [0.3, 0.4) is 0 Å². The number of benzene rings is 2. The van der Waals surface area contributed by atoms with Gasteiger partial charge in [0.25, 0.3) is 17.6 Å². The fourth-order valence-corrected chi connectivity index (χ4v) is 3.73. The first-order chi connectivity index (χ1) is 17.1. The van der Waals surface area contributed by atoms with Gasteiger partial charge in [-0.25, -0.2) is 4.99 Å². The van der Waals surface area contributed by atoms with Crippen molar-refractivity contribution in [3.8, 4) is 11.5 Å². The van der Waals surface area contributed by atoms with E-state index in [0.29, 0.717) is 22.7 Å². The average molecular weight is 485 g/mol. The van der Waals surface area contributed by atoms with E-state index in [9.17, 15) is 14.4 Å². The van der Waals surface area contributed by atoms with Crippen LogP contribution in [0, 0.1) is 12.8 Å². The summed E-state index contributed by atoms with van der Waals surface area (Å²) in [5.74, 6) is -0.334. The summed E-state index contributed by atoms with van der Waals surface area (Å²) in [6.45, 7) is 7.31. The summed E-state index contributed by atoms with van der Waals surface area (Å²) in [6, 6.07) is 17.8. The van der Waals surface area contributed by atoms with Crippen LogP contribution in [0.5, 0.6) is 11.5 Å². The van der Waals surface area contributed by atoms with Crippen molar-refractivity contribution in [1.82, 2.24) is 10.3 Å². The highest BCUT2D eigenvalue weighted by atomic mass is 16.5. The highest BCUT2D eigenvalue weighted by Crippen LogP contribution is 2.28. The van der Waals surface area contributed by atoms with Gasteiger partial charge in [0.15, 0.2) is 5.84 Å². The molecule has 4 rings (SSSR count). The molecule has 0 spiro atoms. The van der Waals surface area contributed by atoms with E-state index < -0.39 is 17.2 Å². The van der Waals surface area contributed by atoms with Crippen LogP contribution in [-0.2, 0) is 9.59 Å². The van der Waals surface area contributed by atoms with Crippen molar-refractivity contribution in [3.63, 3.8) is 0 Å². The third-order valence-corrected chi connectivity index (χ3v) is 6.36. The number of nitrogens with one attached hydrogen (secondary N) is 1. The number of Topliss-reactive ketones (excluding diaryl/α,β-unsaturated/α-hetero) is 1. The van der Waals surface area contributed by atoms with E-state index in [1.54, 1.807) is 50.4 Å². The van der Waals surface area contributed by atoms with Crippen LogP contribution in [0.15, 0.2) is 71.9 Å². The Hall–Kier alpha value is -4.33. The van der Waals surface area contributed by atoms with Gasteiger partial charge in [0.1, 0.15) is 22.7 Å². The number of amidine groups is 1. The lowest BCUT2D eigenvalue weighted by Gasteiger charge is -2.21. The van der Waals surface area contributed by atoms with Crippen LogP contribution in [0.25, 0.3) is 0 Å². The van der Waals surface area contributed by atoms with Gasteiger partial charge in [-0.2, -0.15) is 0 Å². The lowest BCUT2D eigenvalue weighted by atomic mass is 9.89. The number of ketones is 1. The molecule has 36 heavy (non-hydrogen) atoms. The van der Waals surface area contributed by atoms with Gasteiger partial charge in [-0.15, -0.1) is 0 Å². The van der Waals surface area contributed by atoms with Crippen LogP contribution >= 0.6 is 0 Å². The molecule has 2 amide bonds. The number of aryl methyl sites for hydroxylation is 1. The van der Waals surface area contributed by atoms with E-state index in [-0.39, 0.29) is 28.9 Å². The maximum atomic E-state index is 13.4. The number of amides is 2. The Morgan fingerprint density at radius 1 is 1.03 bits per heavy atom. The molecule has 184 valence electrons. The number of rotatable bonds is 7. The maximum absolute atomic E-state index is 13.4. The van der Waals surface area contributed by atoms with Crippen LogP contribution < -0.4 is 15.0 Å². The van der Waals surface area contributed by atoms with Gasteiger partial charge in [-0.05, 0) is 67.8 Å². The minimum Gasteiger partial charge on any atom is -0.457 e. The number of likely N-dealkylation sites (N-methyl/N-ethyl adjacent to an activating group) is 1. The second kappa shape index (κ2) is 9.73. The quantitative estimate of drug-likeness (QED) is 0.398. The summed E-state index contributed by atoms with van der Waals surface area (Å²) in [4.78, 5) is 49.3. The molecule has 3 aromatic rings. The van der Waals surface area contributed by atoms with Crippen LogP contribution in [0.2, 0.25) is 0 Å². The van der Waals surface area contributed by atoms with E-state index in [1.165, 1.54) is 11.9 Å². The zero-order valence-corrected chi connectivity index (χ0v) is 20.9. The van der Waals surface area contributed by atoms with E-state index >= 15 is 0 Å². The number of carbonyl (C=O) groups is 3. The number of aliphatic imine (C=N–C) groups is 1. The predicted molar refractivity (Wildman–Crippen MR) is 138 cm³/mol. The fourth-order valence-electron chi connectivity index (χ4n) is 3.73. The molecule has 1 atom stereocenters. The van der Waals surface area contributed by atoms with Crippen molar-refractivity contribution in [2.75, 3.05) is 11.9 Å². The lowest BCUT2D eigenvalue weighted by molar-refractivity contribution is -0.124. The molecular formula is C28H28N4O4. The molecule has 2 aromatic carbocycles. The smallest absolute Gasteiger partial charge is 0.299 e. The standard InChI is InChI=1S/C28H28N4O4/c1-17(2)28(4)27(35)30-25(31-28)23-22(15-18(3)16-29-23)24(33)26(34)32(5)19-11-13-21(14-12-19)36-20-9-7-6-8-10-20/h6-17H,1-5H3,(H,30,31,35). The minimum atomic E-state index is -0.980. The molecule has 1 unspecified atom stereocenters. The molecule has 2 heterocycles. The summed E-state index contributed by atoms with van der Waals surface area (Å²) >= 11 is 0. The first-order valence-corrected chi connectivity index (χ1v) is 11.6. The lowest BCUT2D eigenvalue weighted by Crippen LogP contribution is -2.41. The number of pyridine rings is 1. The second-order valence-electron chi connectivity index (χ2n) is 9.23. The van der Waals surface area contributed by atoms with Crippen molar-refractivity contribution in [1.29, 1.82) is 0 Å². The summed E-state index contributed by atoms with van der Waals surface area (Å²) in [7, 11) is 1.53. The Morgan fingerprint density at radius 2 is 1.67 bits per heavy atom. The van der Waals surface area contributed by atoms with Gasteiger partial charge in [0.2, 0.25) is 0 Å². The van der Waals surface area contributed by atoms with Crippen molar-refractivity contribution in [3.05, 3.63) is 83.7 Å². The van der Waals surface area contributed by atoms with E-state index in [0.717, 1.165) is 0 Å². The molecule has 0 bridgehead atoms. The Balaban J connectivity index is 1.58. The number of aromatic nitrogens is 1. The summed E-state index contributed by atoms with van der Waals surface area (Å²) in [5.41, 5.74) is 0.512. The zero-order chi connectivity index (χ0) is 26.0. The first-order valence-electron chi connectivity index (χ1n) is 11.6. The van der Waals surface area contributed by atoms with Crippen LogP contribution in [0.4, 0.5) is 5.69 Å². The van der Waals surface area contributed by atoms with E-state index in [2.05, 4.69) is 15.3 Å². The van der Waals surface area contributed by atoms with Gasteiger partial charge in [-0.3, -0.25) is 19.4 Å². The Labute approximate surface area is 210 Å². The summed E-state index contributed by atoms with van der Waals surface area (Å²) in [6.07, 6.45) is 1.57. The van der Waals surface area contributed by atoms with Crippen molar-refractivity contribution < 1.29 is 19.1 Å². The van der Waals surface area contributed by atoms with Gasteiger partial charge in [0, 0.05) is 18.9 Å². The molecule has 1 aliphatic rings. The molecule has 0 radical (unpaired) electrons. The fraction of sp³-hybridized carbons (Fsp3) is 0.250. The number of para-hydroxylation sites is 1. The molecule has 1 N–H and O–H groups in total. The van der Waals surface area contributed by atoms with Crippen molar-refractivity contribution >= 4 is 29.1 Å². The molecule has 8 nitrogen and oxygen atoms in total. The van der Waals surface area contributed by atoms with Gasteiger partial charge in [0.05, 0.1) is 5.56 Å². The predicted octanol–water partition coefficient (Wildman–Crippen LogP) is 4.32. The maximum Gasteiger partial charge on any atom is 0.299 e. The Morgan fingerprint density at radius 3 is 2.28 bits per heavy atom. The van der Waals surface area contributed by atoms with Crippen molar-refractivity contribution in [2.24, 2.45) is 10.9 Å². The largest absolute Gasteiger partial charge is 0.457 e. The topological polar surface area (TPSA) is 101 Å². The monoisotopic (exact) mass is 484 g/mol. The van der Waals surface area contributed by atoms with Crippen LogP contribution in [0.1, 0.15) is 42.4 Å². The number of carbonyl (C=O) groups excluding carboxylic acids is 3. The molecule has 1 aromatic heterocycles. The van der Waals surface area contributed by atoms with Crippen LogP contribution in [-0.4, -0.2) is 41.0 Å². The Kier molecular flexibility index (Phi) is 6.70.